The Kier molecular flexibility index (Phi) is 4.48. The van der Waals surface area contributed by atoms with E-state index in [-0.39, 0.29) is 11.7 Å². The van der Waals surface area contributed by atoms with Gasteiger partial charge in [-0.15, -0.1) is 11.3 Å². The first-order valence-corrected chi connectivity index (χ1v) is 9.05. The maximum absolute atomic E-state index is 11.7. The molecule has 0 radical (unpaired) electrons. The summed E-state index contributed by atoms with van der Waals surface area (Å²) >= 11 is 1.69. The molecule has 1 fully saturated rings. The molecule has 1 atom stereocenters. The van der Waals surface area contributed by atoms with E-state index in [1.54, 1.807) is 18.3 Å². The zero-order valence-corrected chi connectivity index (χ0v) is 14.7. The second-order valence-electron chi connectivity index (χ2n) is 6.10. The molecule has 3 aromatic rings. The van der Waals surface area contributed by atoms with Crippen molar-refractivity contribution in [1.29, 1.82) is 0 Å². The molecule has 0 saturated carbocycles. The predicted octanol–water partition coefficient (Wildman–Crippen LogP) is 2.10. The van der Waals surface area contributed by atoms with E-state index in [1.165, 1.54) is 10.9 Å². The lowest BCUT2D eigenvalue weighted by Gasteiger charge is -2.32. The van der Waals surface area contributed by atoms with Gasteiger partial charge in [0.15, 0.2) is 0 Å². The highest BCUT2D eigenvalue weighted by atomic mass is 32.1. The molecule has 130 valence electrons. The Morgan fingerprint density at radius 3 is 3.20 bits per heavy atom. The minimum Gasteiger partial charge on any atom is -0.369 e. The van der Waals surface area contributed by atoms with Gasteiger partial charge in [-0.25, -0.2) is 4.98 Å². The number of aromatic amines is 2. The van der Waals surface area contributed by atoms with Gasteiger partial charge in [-0.3, -0.25) is 14.8 Å². The Hall–Kier alpha value is -2.29. The quantitative estimate of drug-likeness (QED) is 0.747. The highest BCUT2D eigenvalue weighted by Crippen LogP contribution is 2.28. The van der Waals surface area contributed by atoms with Gasteiger partial charge in [-0.2, -0.15) is 5.10 Å². The molecule has 25 heavy (non-hydrogen) atoms. The monoisotopic (exact) mass is 357 g/mol. The molecule has 7 nitrogen and oxygen atoms in total. The smallest absolute Gasteiger partial charge is 0.251 e. The van der Waals surface area contributed by atoms with E-state index in [9.17, 15) is 4.79 Å². The summed E-state index contributed by atoms with van der Waals surface area (Å²) in [6, 6.07) is 5.65. The van der Waals surface area contributed by atoms with Gasteiger partial charge in [0.25, 0.3) is 5.56 Å². The summed E-state index contributed by atoms with van der Waals surface area (Å²) in [5, 5.41) is 9.37. The van der Waals surface area contributed by atoms with E-state index < -0.39 is 0 Å². The second-order valence-corrected chi connectivity index (χ2v) is 7.05. The van der Waals surface area contributed by atoms with Gasteiger partial charge in [-0.05, 0) is 18.4 Å². The van der Waals surface area contributed by atoms with Crippen LogP contribution in [0.2, 0.25) is 0 Å². The number of aryl methyl sites for hydroxylation is 1. The number of thiophene rings is 1. The first-order valence-electron chi connectivity index (χ1n) is 8.17. The molecule has 1 saturated heterocycles. The third-order valence-corrected chi connectivity index (χ3v) is 5.13. The van der Waals surface area contributed by atoms with Crippen molar-refractivity contribution < 1.29 is 4.74 Å². The number of nitrogens with zero attached hydrogens (tertiary/aromatic N) is 3. The summed E-state index contributed by atoms with van der Waals surface area (Å²) in [5.74, 6) is 0.609. The highest BCUT2D eigenvalue weighted by molar-refractivity contribution is 7.13. The van der Waals surface area contributed by atoms with Crippen molar-refractivity contribution in [3.8, 4) is 10.6 Å². The summed E-state index contributed by atoms with van der Waals surface area (Å²) in [5.41, 5.74) is 2.79. The fourth-order valence-electron chi connectivity index (χ4n) is 3.10. The van der Waals surface area contributed by atoms with Crippen LogP contribution in [-0.4, -0.2) is 44.8 Å². The summed E-state index contributed by atoms with van der Waals surface area (Å²) in [6.45, 7) is 4.72. The number of nitrogens with one attached hydrogen (secondary N) is 2. The van der Waals surface area contributed by atoms with E-state index >= 15 is 0 Å². The SMILES string of the molecule is Cc1nc([C@@H]2CN(Cc3cn[nH]c3-c3cccs3)CCO2)cc(=O)[nH]1. The Bertz CT molecular complexity index is 902. The van der Waals surface area contributed by atoms with Crippen LogP contribution in [0.25, 0.3) is 10.6 Å². The number of H-pyrrole nitrogens is 2. The number of ether oxygens (including phenoxy) is 1. The van der Waals surface area contributed by atoms with Crippen molar-refractivity contribution in [2.24, 2.45) is 0 Å². The molecule has 0 amide bonds. The lowest BCUT2D eigenvalue weighted by Crippen LogP contribution is -2.38. The van der Waals surface area contributed by atoms with Crippen molar-refractivity contribution in [3.63, 3.8) is 0 Å². The first kappa shape index (κ1) is 16.2. The molecular formula is C17H19N5O2S. The molecule has 0 aromatic carbocycles. The molecule has 2 N–H and O–H groups in total. The summed E-state index contributed by atoms with van der Waals surface area (Å²) in [7, 11) is 0. The number of hydrogen-bond acceptors (Lipinski definition) is 6. The third kappa shape index (κ3) is 3.55. The summed E-state index contributed by atoms with van der Waals surface area (Å²) in [4.78, 5) is 22.3. The van der Waals surface area contributed by atoms with Crippen LogP contribution in [0.1, 0.15) is 23.2 Å². The lowest BCUT2D eigenvalue weighted by atomic mass is 10.1. The van der Waals surface area contributed by atoms with Gasteiger partial charge >= 0.3 is 0 Å². The molecule has 0 aliphatic carbocycles. The van der Waals surface area contributed by atoms with Gasteiger partial charge in [0.2, 0.25) is 0 Å². The summed E-state index contributed by atoms with van der Waals surface area (Å²) < 4.78 is 5.85. The minimum absolute atomic E-state index is 0.141. The van der Waals surface area contributed by atoms with Crippen LogP contribution in [0.4, 0.5) is 0 Å². The fourth-order valence-corrected chi connectivity index (χ4v) is 3.85. The predicted molar refractivity (Wildman–Crippen MR) is 95.5 cm³/mol. The molecule has 4 rings (SSSR count). The molecule has 0 unspecified atom stereocenters. The molecule has 1 aliphatic rings. The zero-order valence-electron chi connectivity index (χ0n) is 13.9. The van der Waals surface area contributed by atoms with Crippen molar-refractivity contribution in [2.45, 2.75) is 19.6 Å². The number of rotatable bonds is 4. The average Bonchev–Trinajstić information content (AvgIpc) is 3.25. The second kappa shape index (κ2) is 6.91. The van der Waals surface area contributed by atoms with Gasteiger partial charge in [-0.1, -0.05) is 6.07 Å². The molecule has 3 aromatic heterocycles. The standard InChI is InChI=1S/C17H19N5O2S/c1-11-19-13(7-16(23)20-11)14-10-22(4-5-24-14)9-12-8-18-21-17(12)15-3-2-6-25-15/h2-3,6-8,14H,4-5,9-10H2,1H3,(H,18,21)(H,19,20,23)/t14-/m0/s1. The normalized spacial score (nSPS) is 18.5. The van der Waals surface area contributed by atoms with E-state index in [2.05, 4.69) is 36.5 Å². The molecule has 4 heterocycles. The first-order chi connectivity index (χ1) is 12.2. The van der Waals surface area contributed by atoms with Gasteiger partial charge in [0.05, 0.1) is 29.1 Å². The van der Waals surface area contributed by atoms with Crippen molar-refractivity contribution in [3.05, 3.63) is 57.2 Å². The number of morpholine rings is 1. The zero-order chi connectivity index (χ0) is 17.2. The Morgan fingerprint density at radius 2 is 2.40 bits per heavy atom. The Balaban J connectivity index is 1.51. The summed E-state index contributed by atoms with van der Waals surface area (Å²) in [6.07, 6.45) is 1.70. The Labute approximate surface area is 148 Å². The molecular weight excluding hydrogens is 338 g/mol. The molecule has 0 spiro atoms. The third-order valence-electron chi connectivity index (χ3n) is 4.24. The van der Waals surface area contributed by atoms with Crippen molar-refractivity contribution >= 4 is 11.3 Å². The van der Waals surface area contributed by atoms with Gasteiger partial charge < -0.3 is 9.72 Å². The molecule has 8 heteroatoms. The highest BCUT2D eigenvalue weighted by Gasteiger charge is 2.24. The van der Waals surface area contributed by atoms with Gasteiger partial charge in [0.1, 0.15) is 11.9 Å². The van der Waals surface area contributed by atoms with Crippen LogP contribution in [0, 0.1) is 6.92 Å². The fraction of sp³-hybridized carbons (Fsp3) is 0.353. The largest absolute Gasteiger partial charge is 0.369 e. The lowest BCUT2D eigenvalue weighted by molar-refractivity contribution is -0.0351. The van der Waals surface area contributed by atoms with E-state index in [4.69, 9.17) is 4.74 Å². The van der Waals surface area contributed by atoms with Crippen molar-refractivity contribution in [1.82, 2.24) is 25.1 Å². The van der Waals surface area contributed by atoms with Crippen LogP contribution in [0.3, 0.4) is 0 Å². The van der Waals surface area contributed by atoms with Crippen LogP contribution in [-0.2, 0) is 11.3 Å². The van der Waals surface area contributed by atoms with Gasteiger partial charge in [0, 0.05) is 31.3 Å². The number of aromatic nitrogens is 4. The maximum atomic E-state index is 11.7. The van der Waals surface area contributed by atoms with Crippen LogP contribution >= 0.6 is 11.3 Å². The minimum atomic E-state index is -0.188. The van der Waals surface area contributed by atoms with Crippen LogP contribution < -0.4 is 5.56 Å². The van der Waals surface area contributed by atoms with Crippen LogP contribution in [0.15, 0.2) is 34.6 Å². The Morgan fingerprint density at radius 1 is 1.48 bits per heavy atom. The molecule has 1 aliphatic heterocycles. The van der Waals surface area contributed by atoms with E-state index in [0.29, 0.717) is 24.7 Å². The van der Waals surface area contributed by atoms with Crippen molar-refractivity contribution in [2.75, 3.05) is 19.7 Å². The topological polar surface area (TPSA) is 86.9 Å². The van der Waals surface area contributed by atoms with E-state index in [0.717, 1.165) is 24.3 Å². The van der Waals surface area contributed by atoms with Crippen LogP contribution in [0.5, 0.6) is 0 Å². The number of hydrogen-bond donors (Lipinski definition) is 2. The molecule has 0 bridgehead atoms. The van der Waals surface area contributed by atoms with E-state index in [1.807, 2.05) is 12.3 Å². The maximum Gasteiger partial charge on any atom is 0.251 e. The average molecular weight is 357 g/mol.